The fraction of sp³-hybridized carbons (Fsp3) is 0.667. The molecule has 1 amide bonds. The molecule has 132 valence electrons. The van der Waals surface area contributed by atoms with Crippen LogP contribution in [0.25, 0.3) is 0 Å². The van der Waals surface area contributed by atoms with Crippen LogP contribution in [0.15, 0.2) is 18.3 Å². The highest BCUT2D eigenvalue weighted by Gasteiger charge is 2.23. The summed E-state index contributed by atoms with van der Waals surface area (Å²) in [4.78, 5) is 21.2. The van der Waals surface area contributed by atoms with Gasteiger partial charge in [-0.25, -0.2) is 4.98 Å². The summed E-state index contributed by atoms with van der Waals surface area (Å²) < 4.78 is 11.2. The third-order valence-corrected chi connectivity index (χ3v) is 4.55. The molecule has 2 saturated heterocycles. The van der Waals surface area contributed by atoms with E-state index in [1.54, 1.807) is 12.3 Å². The molecular weight excluding hydrogens is 306 g/mol. The zero-order valence-corrected chi connectivity index (χ0v) is 14.4. The lowest BCUT2D eigenvalue weighted by molar-refractivity contribution is 0.0303. The zero-order valence-electron chi connectivity index (χ0n) is 14.4. The molecule has 0 aromatic carbocycles. The molecule has 6 nitrogen and oxygen atoms in total. The van der Waals surface area contributed by atoms with Gasteiger partial charge in [0.05, 0.1) is 19.3 Å². The SMILES string of the molecule is CCCOC1CCCN(c2cc(C(=O)N3CCOCC3)ccn2)C1. The second kappa shape index (κ2) is 8.44. The van der Waals surface area contributed by atoms with Crippen molar-refractivity contribution in [1.82, 2.24) is 9.88 Å². The van der Waals surface area contributed by atoms with Gasteiger partial charge in [0, 0.05) is 44.5 Å². The van der Waals surface area contributed by atoms with Crippen molar-refractivity contribution in [3.63, 3.8) is 0 Å². The second-order valence-electron chi connectivity index (χ2n) is 6.39. The van der Waals surface area contributed by atoms with Gasteiger partial charge in [-0.05, 0) is 31.4 Å². The maximum absolute atomic E-state index is 12.6. The molecule has 0 bridgehead atoms. The first-order chi connectivity index (χ1) is 11.8. The number of ether oxygens (including phenoxy) is 2. The van der Waals surface area contributed by atoms with Crippen molar-refractivity contribution in [2.24, 2.45) is 0 Å². The number of carbonyl (C=O) groups excluding carboxylic acids is 1. The molecule has 1 aromatic heterocycles. The van der Waals surface area contributed by atoms with Crippen LogP contribution in [0.2, 0.25) is 0 Å². The van der Waals surface area contributed by atoms with Crippen LogP contribution in [0.1, 0.15) is 36.5 Å². The standard InChI is InChI=1S/C18H27N3O3/c1-2-10-24-16-4-3-7-21(14-16)17-13-15(5-6-19-17)18(22)20-8-11-23-12-9-20/h5-6,13,16H,2-4,7-12,14H2,1H3. The summed E-state index contributed by atoms with van der Waals surface area (Å²) in [5.41, 5.74) is 0.707. The van der Waals surface area contributed by atoms with Crippen LogP contribution in [0.4, 0.5) is 5.82 Å². The number of carbonyl (C=O) groups is 1. The Morgan fingerprint density at radius 1 is 1.38 bits per heavy atom. The number of rotatable bonds is 5. The third kappa shape index (κ3) is 4.24. The van der Waals surface area contributed by atoms with E-state index in [0.29, 0.717) is 31.9 Å². The summed E-state index contributed by atoms with van der Waals surface area (Å²) in [6.07, 6.45) is 5.23. The summed E-state index contributed by atoms with van der Waals surface area (Å²) in [6, 6.07) is 3.72. The molecule has 2 fully saturated rings. The number of nitrogens with zero attached hydrogens (tertiary/aromatic N) is 3. The molecule has 0 radical (unpaired) electrons. The lowest BCUT2D eigenvalue weighted by Gasteiger charge is -2.33. The van der Waals surface area contributed by atoms with Crippen molar-refractivity contribution >= 4 is 11.7 Å². The predicted molar refractivity (Wildman–Crippen MR) is 92.4 cm³/mol. The molecule has 2 aliphatic rings. The van der Waals surface area contributed by atoms with E-state index in [1.807, 2.05) is 11.0 Å². The van der Waals surface area contributed by atoms with Crippen molar-refractivity contribution in [2.75, 3.05) is 50.9 Å². The maximum Gasteiger partial charge on any atom is 0.254 e. The highest BCUT2D eigenvalue weighted by Crippen LogP contribution is 2.21. The van der Waals surface area contributed by atoms with E-state index in [0.717, 1.165) is 44.8 Å². The summed E-state index contributed by atoms with van der Waals surface area (Å²) in [5, 5.41) is 0. The minimum Gasteiger partial charge on any atom is -0.378 e. The fourth-order valence-corrected chi connectivity index (χ4v) is 3.24. The Balaban J connectivity index is 1.66. The van der Waals surface area contributed by atoms with Gasteiger partial charge in [0.1, 0.15) is 5.82 Å². The van der Waals surface area contributed by atoms with Crippen LogP contribution < -0.4 is 4.90 Å². The first-order valence-electron chi connectivity index (χ1n) is 8.97. The summed E-state index contributed by atoms with van der Waals surface area (Å²) in [5.74, 6) is 0.941. The minimum absolute atomic E-state index is 0.0674. The number of pyridine rings is 1. The molecular formula is C18H27N3O3. The van der Waals surface area contributed by atoms with Gasteiger partial charge in [-0.15, -0.1) is 0 Å². The van der Waals surface area contributed by atoms with Crippen LogP contribution >= 0.6 is 0 Å². The van der Waals surface area contributed by atoms with Gasteiger partial charge in [-0.3, -0.25) is 4.79 Å². The van der Waals surface area contributed by atoms with Crippen molar-refractivity contribution in [3.8, 4) is 0 Å². The van der Waals surface area contributed by atoms with Gasteiger partial charge >= 0.3 is 0 Å². The smallest absolute Gasteiger partial charge is 0.254 e. The lowest BCUT2D eigenvalue weighted by Crippen LogP contribution is -2.41. The molecule has 6 heteroatoms. The van der Waals surface area contributed by atoms with Crippen LogP contribution in [0, 0.1) is 0 Å². The normalized spacial score (nSPS) is 21.8. The molecule has 1 aromatic rings. The zero-order chi connectivity index (χ0) is 16.8. The molecule has 24 heavy (non-hydrogen) atoms. The summed E-state index contributed by atoms with van der Waals surface area (Å²) in [7, 11) is 0. The summed E-state index contributed by atoms with van der Waals surface area (Å²) in [6.45, 7) is 7.31. The average Bonchev–Trinajstić information content (AvgIpc) is 2.67. The number of amides is 1. The Morgan fingerprint density at radius 3 is 3.00 bits per heavy atom. The Kier molecular flexibility index (Phi) is 6.04. The van der Waals surface area contributed by atoms with E-state index in [9.17, 15) is 4.79 Å². The van der Waals surface area contributed by atoms with Crippen molar-refractivity contribution < 1.29 is 14.3 Å². The monoisotopic (exact) mass is 333 g/mol. The fourth-order valence-electron chi connectivity index (χ4n) is 3.24. The Bertz CT molecular complexity index is 546. The van der Waals surface area contributed by atoms with Crippen LogP contribution in [-0.4, -0.2) is 67.9 Å². The van der Waals surface area contributed by atoms with E-state index in [2.05, 4.69) is 16.8 Å². The third-order valence-electron chi connectivity index (χ3n) is 4.55. The minimum atomic E-state index is 0.0674. The van der Waals surface area contributed by atoms with Gasteiger partial charge in [0.15, 0.2) is 0 Å². The number of hydrogen-bond acceptors (Lipinski definition) is 5. The van der Waals surface area contributed by atoms with E-state index in [4.69, 9.17) is 9.47 Å². The predicted octanol–water partition coefficient (Wildman–Crippen LogP) is 1.95. The number of hydrogen-bond donors (Lipinski definition) is 0. The number of morpholine rings is 1. The highest BCUT2D eigenvalue weighted by molar-refractivity contribution is 5.94. The number of piperidine rings is 1. The number of anilines is 1. The second-order valence-corrected chi connectivity index (χ2v) is 6.39. The van der Waals surface area contributed by atoms with Gasteiger partial charge in [0.2, 0.25) is 0 Å². The summed E-state index contributed by atoms with van der Waals surface area (Å²) >= 11 is 0. The van der Waals surface area contributed by atoms with E-state index in [-0.39, 0.29) is 12.0 Å². The molecule has 3 heterocycles. The molecule has 0 aliphatic carbocycles. The van der Waals surface area contributed by atoms with Crippen molar-refractivity contribution in [3.05, 3.63) is 23.9 Å². The van der Waals surface area contributed by atoms with E-state index >= 15 is 0 Å². The quantitative estimate of drug-likeness (QED) is 0.824. The maximum atomic E-state index is 12.6. The Hall–Kier alpha value is -1.66. The largest absolute Gasteiger partial charge is 0.378 e. The molecule has 0 saturated carbocycles. The molecule has 2 aliphatic heterocycles. The first-order valence-corrected chi connectivity index (χ1v) is 8.97. The Morgan fingerprint density at radius 2 is 2.21 bits per heavy atom. The van der Waals surface area contributed by atoms with Crippen LogP contribution in [0.3, 0.4) is 0 Å². The van der Waals surface area contributed by atoms with Gasteiger partial charge in [-0.1, -0.05) is 6.92 Å². The molecule has 1 atom stereocenters. The van der Waals surface area contributed by atoms with Crippen molar-refractivity contribution in [1.29, 1.82) is 0 Å². The van der Waals surface area contributed by atoms with Crippen LogP contribution in [0.5, 0.6) is 0 Å². The van der Waals surface area contributed by atoms with E-state index in [1.165, 1.54) is 0 Å². The highest BCUT2D eigenvalue weighted by atomic mass is 16.5. The van der Waals surface area contributed by atoms with E-state index < -0.39 is 0 Å². The molecule has 0 N–H and O–H groups in total. The Labute approximate surface area is 143 Å². The van der Waals surface area contributed by atoms with Gasteiger partial charge in [-0.2, -0.15) is 0 Å². The lowest BCUT2D eigenvalue weighted by atomic mass is 10.1. The number of aromatic nitrogens is 1. The molecule has 0 spiro atoms. The van der Waals surface area contributed by atoms with Gasteiger partial charge in [0.25, 0.3) is 5.91 Å². The van der Waals surface area contributed by atoms with Crippen LogP contribution in [-0.2, 0) is 9.47 Å². The van der Waals surface area contributed by atoms with Gasteiger partial charge < -0.3 is 19.3 Å². The molecule has 1 unspecified atom stereocenters. The van der Waals surface area contributed by atoms with Crippen molar-refractivity contribution in [2.45, 2.75) is 32.3 Å². The topological polar surface area (TPSA) is 54.9 Å². The molecule has 3 rings (SSSR count). The average molecular weight is 333 g/mol. The first kappa shape index (κ1) is 17.2.